The Hall–Kier alpha value is -3.17. The summed E-state index contributed by atoms with van der Waals surface area (Å²) in [6.45, 7) is 6.93. The molecule has 0 amide bonds. The second-order valence-electron chi connectivity index (χ2n) is 7.18. The lowest BCUT2D eigenvalue weighted by Gasteiger charge is -2.20. The van der Waals surface area contributed by atoms with Gasteiger partial charge in [-0.1, -0.05) is 12.1 Å². The largest absolute Gasteiger partial charge is 0.489 e. The minimum Gasteiger partial charge on any atom is -0.489 e. The highest BCUT2D eigenvalue weighted by Gasteiger charge is 2.25. The van der Waals surface area contributed by atoms with Crippen molar-refractivity contribution in [2.45, 2.75) is 33.0 Å². The van der Waals surface area contributed by atoms with Crippen LogP contribution in [0.1, 0.15) is 30.3 Å². The molecule has 0 radical (unpaired) electrons. The number of rotatable bonds is 6. The molecule has 4 rings (SSSR count). The van der Waals surface area contributed by atoms with Crippen LogP contribution in [0.5, 0.6) is 5.75 Å². The van der Waals surface area contributed by atoms with Crippen LogP contribution >= 0.6 is 0 Å². The number of ether oxygens (including phenoxy) is 2. The predicted molar refractivity (Wildman–Crippen MR) is 112 cm³/mol. The Kier molecular flexibility index (Phi) is 5.59. The number of benzene rings is 2. The van der Waals surface area contributed by atoms with E-state index in [4.69, 9.17) is 19.7 Å². The van der Waals surface area contributed by atoms with Crippen LogP contribution in [-0.4, -0.2) is 35.8 Å². The van der Waals surface area contributed by atoms with Crippen molar-refractivity contribution in [2.75, 3.05) is 24.6 Å². The van der Waals surface area contributed by atoms with E-state index in [2.05, 4.69) is 16.0 Å². The smallest absolute Gasteiger partial charge is 0.140 e. The average molecular weight is 388 g/mol. The SMILES string of the molecule is CCOC1CCN(c2nc(C)nc3cc(OCc4ccc(C#N)cc4)ccc23)C1. The van der Waals surface area contributed by atoms with Gasteiger partial charge in [0.2, 0.25) is 0 Å². The molecule has 3 aromatic rings. The number of aryl methyl sites for hydroxylation is 1. The van der Waals surface area contributed by atoms with Gasteiger partial charge in [0, 0.05) is 31.1 Å². The minimum atomic E-state index is 0.264. The van der Waals surface area contributed by atoms with Crippen LogP contribution in [0.25, 0.3) is 10.9 Å². The van der Waals surface area contributed by atoms with Crippen LogP contribution in [0.15, 0.2) is 42.5 Å². The molecule has 0 saturated carbocycles. The molecule has 1 aliphatic rings. The first-order valence-corrected chi connectivity index (χ1v) is 9.93. The van der Waals surface area contributed by atoms with Crippen LogP contribution in [0.3, 0.4) is 0 Å². The Morgan fingerprint density at radius 3 is 2.76 bits per heavy atom. The van der Waals surface area contributed by atoms with Crippen molar-refractivity contribution in [1.82, 2.24) is 9.97 Å². The summed E-state index contributed by atoms with van der Waals surface area (Å²) in [6.07, 6.45) is 1.28. The maximum Gasteiger partial charge on any atom is 0.140 e. The number of hydrogen-bond donors (Lipinski definition) is 0. The molecule has 6 heteroatoms. The quantitative estimate of drug-likeness (QED) is 0.635. The lowest BCUT2D eigenvalue weighted by molar-refractivity contribution is 0.0787. The Labute approximate surface area is 170 Å². The summed E-state index contributed by atoms with van der Waals surface area (Å²) in [4.78, 5) is 11.6. The third kappa shape index (κ3) is 4.30. The highest BCUT2D eigenvalue weighted by atomic mass is 16.5. The average Bonchev–Trinajstić information content (AvgIpc) is 3.20. The van der Waals surface area contributed by atoms with Crippen molar-refractivity contribution in [3.63, 3.8) is 0 Å². The molecule has 0 N–H and O–H groups in total. The zero-order valence-corrected chi connectivity index (χ0v) is 16.8. The van der Waals surface area contributed by atoms with Crippen molar-refractivity contribution in [1.29, 1.82) is 5.26 Å². The number of fused-ring (bicyclic) bond motifs is 1. The number of hydrogen-bond acceptors (Lipinski definition) is 6. The van der Waals surface area contributed by atoms with Gasteiger partial charge in [0.25, 0.3) is 0 Å². The van der Waals surface area contributed by atoms with Gasteiger partial charge in [-0.05, 0) is 50.1 Å². The highest BCUT2D eigenvalue weighted by Crippen LogP contribution is 2.30. The summed E-state index contributed by atoms with van der Waals surface area (Å²) < 4.78 is 11.7. The summed E-state index contributed by atoms with van der Waals surface area (Å²) in [5.41, 5.74) is 2.54. The van der Waals surface area contributed by atoms with Crippen molar-refractivity contribution in [3.05, 3.63) is 59.4 Å². The van der Waals surface area contributed by atoms with Crippen LogP contribution in [0.4, 0.5) is 5.82 Å². The molecule has 0 bridgehead atoms. The van der Waals surface area contributed by atoms with E-state index in [0.29, 0.717) is 12.2 Å². The molecule has 1 fully saturated rings. The summed E-state index contributed by atoms with van der Waals surface area (Å²) in [5, 5.41) is 9.92. The van der Waals surface area contributed by atoms with E-state index in [1.807, 2.05) is 44.2 Å². The van der Waals surface area contributed by atoms with Gasteiger partial charge in [0.1, 0.15) is 24.0 Å². The van der Waals surface area contributed by atoms with E-state index >= 15 is 0 Å². The molecule has 6 nitrogen and oxygen atoms in total. The first-order chi connectivity index (χ1) is 14.2. The molecule has 1 unspecified atom stereocenters. The number of nitriles is 1. The number of nitrogens with zero attached hydrogens (tertiary/aromatic N) is 4. The van der Waals surface area contributed by atoms with Gasteiger partial charge in [-0.2, -0.15) is 5.26 Å². The Morgan fingerprint density at radius 1 is 1.17 bits per heavy atom. The van der Waals surface area contributed by atoms with Gasteiger partial charge in [0.15, 0.2) is 0 Å². The lowest BCUT2D eigenvalue weighted by atomic mass is 10.1. The number of anilines is 1. The molecular formula is C23H24N4O2. The molecular weight excluding hydrogens is 364 g/mol. The van der Waals surface area contributed by atoms with Crippen molar-refractivity contribution in [3.8, 4) is 11.8 Å². The summed E-state index contributed by atoms with van der Waals surface area (Å²) >= 11 is 0. The van der Waals surface area contributed by atoms with Gasteiger partial charge in [-0.15, -0.1) is 0 Å². The molecule has 29 heavy (non-hydrogen) atoms. The molecule has 148 valence electrons. The van der Waals surface area contributed by atoms with E-state index in [1.165, 1.54) is 0 Å². The first-order valence-electron chi connectivity index (χ1n) is 9.93. The van der Waals surface area contributed by atoms with E-state index in [9.17, 15) is 0 Å². The topological polar surface area (TPSA) is 71.3 Å². The zero-order valence-electron chi connectivity index (χ0n) is 16.8. The molecule has 1 atom stereocenters. The number of aromatic nitrogens is 2. The fourth-order valence-corrected chi connectivity index (χ4v) is 3.67. The van der Waals surface area contributed by atoms with E-state index in [1.54, 1.807) is 12.1 Å². The van der Waals surface area contributed by atoms with Crippen molar-refractivity contribution < 1.29 is 9.47 Å². The van der Waals surface area contributed by atoms with Crippen LogP contribution in [-0.2, 0) is 11.3 Å². The van der Waals surface area contributed by atoms with E-state index in [-0.39, 0.29) is 6.10 Å². The Bertz CT molecular complexity index is 1040. The minimum absolute atomic E-state index is 0.264. The second-order valence-corrected chi connectivity index (χ2v) is 7.18. The molecule has 2 heterocycles. The van der Waals surface area contributed by atoms with Gasteiger partial charge >= 0.3 is 0 Å². The van der Waals surface area contributed by atoms with Crippen molar-refractivity contribution >= 4 is 16.7 Å². The first kappa shape index (κ1) is 19.2. The summed E-state index contributed by atoms with van der Waals surface area (Å²) in [7, 11) is 0. The Balaban J connectivity index is 1.54. The fraction of sp³-hybridized carbons (Fsp3) is 0.348. The predicted octanol–water partition coefficient (Wildman–Crippen LogP) is 4.00. The van der Waals surface area contributed by atoms with Gasteiger partial charge in [0.05, 0.1) is 23.3 Å². The normalized spacial score (nSPS) is 16.2. The molecule has 1 aromatic heterocycles. The van der Waals surface area contributed by atoms with Crippen LogP contribution < -0.4 is 9.64 Å². The van der Waals surface area contributed by atoms with E-state index in [0.717, 1.165) is 60.0 Å². The third-order valence-corrected chi connectivity index (χ3v) is 5.10. The fourth-order valence-electron chi connectivity index (χ4n) is 3.67. The van der Waals surface area contributed by atoms with Crippen molar-refractivity contribution in [2.24, 2.45) is 0 Å². The monoisotopic (exact) mass is 388 g/mol. The van der Waals surface area contributed by atoms with Gasteiger partial charge in [-0.3, -0.25) is 0 Å². The van der Waals surface area contributed by atoms with Crippen LogP contribution in [0, 0.1) is 18.3 Å². The lowest BCUT2D eigenvalue weighted by Crippen LogP contribution is -2.24. The van der Waals surface area contributed by atoms with Gasteiger partial charge in [-0.25, -0.2) is 9.97 Å². The van der Waals surface area contributed by atoms with Gasteiger partial charge < -0.3 is 14.4 Å². The molecule has 1 saturated heterocycles. The molecule has 0 aliphatic carbocycles. The second kappa shape index (κ2) is 8.46. The summed E-state index contributed by atoms with van der Waals surface area (Å²) in [6, 6.07) is 15.5. The van der Waals surface area contributed by atoms with E-state index < -0.39 is 0 Å². The maximum atomic E-state index is 8.90. The highest BCUT2D eigenvalue weighted by molar-refractivity contribution is 5.90. The molecule has 1 aliphatic heterocycles. The molecule has 2 aromatic carbocycles. The Morgan fingerprint density at radius 2 is 2.00 bits per heavy atom. The third-order valence-electron chi connectivity index (χ3n) is 5.10. The standard InChI is InChI=1S/C23H24N4O2/c1-3-28-20-10-11-27(14-20)23-21-9-8-19(12-22(21)25-16(2)26-23)29-15-18-6-4-17(13-24)5-7-18/h4-9,12,20H,3,10-11,14-15H2,1-2H3. The molecule has 0 spiro atoms. The summed E-state index contributed by atoms with van der Waals surface area (Å²) in [5.74, 6) is 2.48. The zero-order chi connectivity index (χ0) is 20.2. The maximum absolute atomic E-state index is 8.90. The van der Waals surface area contributed by atoms with Crippen LogP contribution in [0.2, 0.25) is 0 Å².